The highest BCUT2D eigenvalue weighted by Gasteiger charge is 2.37. The van der Waals surface area contributed by atoms with Crippen LogP contribution in [0, 0.1) is 6.92 Å². The molecule has 4 N–H and O–H groups in total. The van der Waals surface area contributed by atoms with E-state index in [2.05, 4.69) is 22.3 Å². The highest BCUT2D eigenvalue weighted by Crippen LogP contribution is 2.33. The minimum absolute atomic E-state index is 0.0279. The molecule has 0 radical (unpaired) electrons. The molecule has 0 aliphatic rings. The zero-order chi connectivity index (χ0) is 32.2. The lowest BCUT2D eigenvalue weighted by Crippen LogP contribution is -2.54. The molecular formula is C32H45N3O8. The Morgan fingerprint density at radius 2 is 1.65 bits per heavy atom. The number of hydrogen-bond donors (Lipinski definition) is 4. The molecule has 0 saturated carbocycles. The molecular weight excluding hydrogens is 554 g/mol. The first-order valence-corrected chi connectivity index (χ1v) is 14.5. The van der Waals surface area contributed by atoms with Gasteiger partial charge in [-0.15, -0.1) is 0 Å². The monoisotopic (exact) mass is 599 g/mol. The third-order valence-electron chi connectivity index (χ3n) is 6.66. The number of nitrogens with one attached hydrogen (secondary N) is 2. The molecule has 2 aromatic rings. The maximum atomic E-state index is 14.4. The van der Waals surface area contributed by atoms with Crippen molar-refractivity contribution < 1.29 is 38.9 Å². The van der Waals surface area contributed by atoms with Gasteiger partial charge in [-0.05, 0) is 57.4 Å². The molecule has 0 heterocycles. The van der Waals surface area contributed by atoms with E-state index in [1.54, 1.807) is 58.0 Å². The maximum Gasteiger partial charge on any atom is 0.408 e. The normalized spacial score (nSPS) is 12.5. The lowest BCUT2D eigenvalue weighted by molar-refractivity contribution is -0.144. The minimum Gasteiger partial charge on any atom is -0.508 e. The molecule has 2 atom stereocenters. The number of carbonyl (C=O) groups excluding carboxylic acids is 4. The summed E-state index contributed by atoms with van der Waals surface area (Å²) in [4.78, 5) is 54.3. The lowest BCUT2D eigenvalue weighted by Gasteiger charge is -2.35. The number of para-hydroxylation sites is 1. The summed E-state index contributed by atoms with van der Waals surface area (Å²) in [7, 11) is 1.19. The molecule has 43 heavy (non-hydrogen) atoms. The molecule has 236 valence electrons. The van der Waals surface area contributed by atoms with Crippen LogP contribution in [0.2, 0.25) is 0 Å². The second-order valence-electron chi connectivity index (χ2n) is 11.4. The third kappa shape index (κ3) is 11.1. The molecule has 11 nitrogen and oxygen atoms in total. The maximum absolute atomic E-state index is 14.4. The number of esters is 1. The molecule has 0 saturated heterocycles. The van der Waals surface area contributed by atoms with E-state index in [0.29, 0.717) is 17.5 Å². The Morgan fingerprint density at radius 3 is 2.26 bits per heavy atom. The number of unbranched alkanes of at least 4 members (excludes halogenated alkanes) is 3. The van der Waals surface area contributed by atoms with E-state index in [4.69, 9.17) is 4.74 Å². The van der Waals surface area contributed by atoms with Crippen molar-refractivity contribution in [2.45, 2.75) is 84.4 Å². The first-order chi connectivity index (χ1) is 20.3. The van der Waals surface area contributed by atoms with Crippen molar-refractivity contribution >= 4 is 23.9 Å². The fourth-order valence-corrected chi connectivity index (χ4v) is 4.47. The number of amides is 3. The van der Waals surface area contributed by atoms with E-state index in [-0.39, 0.29) is 30.0 Å². The number of methoxy groups -OCH3 is 1. The standard InChI is InChI=1S/C32H45N3O8/c1-7-8-9-10-18-35(27(29(39)33-20-26(37)42-6)24-13-11-12-21(2)28(24)38)30(40)25(34-31(41)43-32(3,4)5)19-22-14-16-23(36)17-15-22/h11-17,25,27,36,38H,7-10,18-20H2,1-6H3,(H,33,39)(H,34,41). The molecule has 0 aromatic heterocycles. The van der Waals surface area contributed by atoms with Gasteiger partial charge in [0, 0.05) is 18.5 Å². The summed E-state index contributed by atoms with van der Waals surface area (Å²) in [5.74, 6) is -2.09. The van der Waals surface area contributed by atoms with Crippen LogP contribution in [0.3, 0.4) is 0 Å². The van der Waals surface area contributed by atoms with Gasteiger partial charge in [-0.25, -0.2) is 4.79 Å². The number of hydrogen-bond acceptors (Lipinski definition) is 8. The minimum atomic E-state index is -1.33. The largest absolute Gasteiger partial charge is 0.508 e. The first kappa shape index (κ1) is 34.9. The summed E-state index contributed by atoms with van der Waals surface area (Å²) in [6.07, 6.45) is 2.38. The van der Waals surface area contributed by atoms with Crippen LogP contribution in [0.1, 0.15) is 76.1 Å². The molecule has 11 heteroatoms. The second kappa shape index (κ2) is 16.4. The number of aryl methyl sites for hydroxylation is 1. The SMILES string of the molecule is CCCCCCN(C(=O)C(Cc1ccc(O)cc1)NC(=O)OC(C)(C)C)C(C(=O)NCC(=O)OC)c1cccc(C)c1O. The van der Waals surface area contributed by atoms with Crippen LogP contribution in [-0.2, 0) is 30.3 Å². The number of rotatable bonds is 14. The van der Waals surface area contributed by atoms with Gasteiger partial charge in [-0.1, -0.05) is 56.5 Å². The van der Waals surface area contributed by atoms with Gasteiger partial charge in [0.15, 0.2) is 0 Å². The van der Waals surface area contributed by atoms with Crippen LogP contribution in [-0.4, -0.2) is 70.8 Å². The quantitative estimate of drug-likeness (QED) is 0.185. The van der Waals surface area contributed by atoms with Crippen molar-refractivity contribution in [2.24, 2.45) is 0 Å². The van der Waals surface area contributed by atoms with Crippen LogP contribution in [0.25, 0.3) is 0 Å². The Kier molecular flexibility index (Phi) is 13.3. The predicted octanol–water partition coefficient (Wildman–Crippen LogP) is 4.28. The molecule has 2 aromatic carbocycles. The van der Waals surface area contributed by atoms with Gasteiger partial charge in [0.2, 0.25) is 11.8 Å². The Hall–Kier alpha value is -4.28. The molecule has 0 bridgehead atoms. The number of ether oxygens (including phenoxy) is 2. The third-order valence-corrected chi connectivity index (χ3v) is 6.66. The number of phenols is 2. The Bertz CT molecular complexity index is 1240. The summed E-state index contributed by atoms with van der Waals surface area (Å²) in [6.45, 7) is 8.51. The highest BCUT2D eigenvalue weighted by atomic mass is 16.6. The number of phenolic OH excluding ortho intramolecular Hbond substituents is 2. The van der Waals surface area contributed by atoms with Gasteiger partial charge in [0.05, 0.1) is 7.11 Å². The van der Waals surface area contributed by atoms with Gasteiger partial charge in [0.1, 0.15) is 35.7 Å². The Morgan fingerprint density at radius 1 is 0.977 bits per heavy atom. The molecule has 0 aliphatic heterocycles. The van der Waals surface area contributed by atoms with Crippen molar-refractivity contribution in [1.82, 2.24) is 15.5 Å². The van der Waals surface area contributed by atoms with Gasteiger partial charge < -0.3 is 35.2 Å². The van der Waals surface area contributed by atoms with Crippen molar-refractivity contribution in [3.63, 3.8) is 0 Å². The van der Waals surface area contributed by atoms with Crippen LogP contribution < -0.4 is 10.6 Å². The Balaban J connectivity index is 2.62. The molecule has 2 rings (SSSR count). The van der Waals surface area contributed by atoms with Crippen molar-refractivity contribution in [3.05, 3.63) is 59.2 Å². The fraction of sp³-hybridized carbons (Fsp3) is 0.500. The van der Waals surface area contributed by atoms with Crippen LogP contribution in [0.5, 0.6) is 11.5 Å². The lowest BCUT2D eigenvalue weighted by atomic mass is 9.97. The summed E-state index contributed by atoms with van der Waals surface area (Å²) < 4.78 is 10.1. The highest BCUT2D eigenvalue weighted by molar-refractivity contribution is 5.93. The molecule has 0 spiro atoms. The smallest absolute Gasteiger partial charge is 0.408 e. The molecule has 3 amide bonds. The van der Waals surface area contributed by atoms with E-state index in [1.807, 2.05) is 0 Å². The zero-order valence-electron chi connectivity index (χ0n) is 25.9. The molecule has 0 aliphatic carbocycles. The van der Waals surface area contributed by atoms with Crippen molar-refractivity contribution in [3.8, 4) is 11.5 Å². The van der Waals surface area contributed by atoms with Crippen LogP contribution >= 0.6 is 0 Å². The van der Waals surface area contributed by atoms with E-state index in [1.165, 1.54) is 24.1 Å². The zero-order valence-corrected chi connectivity index (χ0v) is 25.9. The van der Waals surface area contributed by atoms with Gasteiger partial charge in [0.25, 0.3) is 0 Å². The van der Waals surface area contributed by atoms with Crippen LogP contribution in [0.15, 0.2) is 42.5 Å². The average molecular weight is 600 g/mol. The average Bonchev–Trinajstić information content (AvgIpc) is 2.94. The fourth-order valence-electron chi connectivity index (χ4n) is 4.47. The van der Waals surface area contributed by atoms with E-state index < -0.39 is 48.1 Å². The number of aromatic hydroxyl groups is 2. The van der Waals surface area contributed by atoms with Gasteiger partial charge >= 0.3 is 12.1 Å². The van der Waals surface area contributed by atoms with Crippen molar-refractivity contribution in [1.29, 1.82) is 0 Å². The number of carbonyl (C=O) groups is 4. The summed E-state index contributed by atoms with van der Waals surface area (Å²) in [6, 6.07) is 8.59. The molecule has 0 fully saturated rings. The predicted molar refractivity (Wildman–Crippen MR) is 161 cm³/mol. The number of benzene rings is 2. The van der Waals surface area contributed by atoms with E-state index >= 15 is 0 Å². The van der Waals surface area contributed by atoms with E-state index in [9.17, 15) is 29.4 Å². The van der Waals surface area contributed by atoms with Gasteiger partial charge in [-0.2, -0.15) is 0 Å². The van der Waals surface area contributed by atoms with Crippen LogP contribution in [0.4, 0.5) is 4.79 Å². The summed E-state index contributed by atoms with van der Waals surface area (Å²) >= 11 is 0. The summed E-state index contributed by atoms with van der Waals surface area (Å²) in [5.41, 5.74) is 0.476. The van der Waals surface area contributed by atoms with Crippen molar-refractivity contribution in [2.75, 3.05) is 20.2 Å². The number of nitrogens with zero attached hydrogens (tertiary/aromatic N) is 1. The number of alkyl carbamates (subject to hydrolysis) is 1. The topological polar surface area (TPSA) is 154 Å². The Labute approximate surface area is 253 Å². The second-order valence-corrected chi connectivity index (χ2v) is 11.4. The van der Waals surface area contributed by atoms with Gasteiger partial charge in [-0.3, -0.25) is 14.4 Å². The van der Waals surface area contributed by atoms with E-state index in [0.717, 1.165) is 19.3 Å². The summed E-state index contributed by atoms with van der Waals surface area (Å²) in [5, 5.41) is 26.0. The first-order valence-electron chi connectivity index (χ1n) is 14.5. The molecule has 2 unspecified atom stereocenters.